The number of aryl methyl sites for hydroxylation is 1. The number of ether oxygens (including phenoxy) is 1. The molecule has 2 aliphatic rings. The van der Waals surface area contributed by atoms with Gasteiger partial charge < -0.3 is 15.0 Å². The fourth-order valence-electron chi connectivity index (χ4n) is 2.69. The standard InChI is InChI=1S/C13H20N4O2/c1-2-10-11(12(18)16-7-4-14-5-8-16)15-17-6-3-9-19-13(10)17/h14H,2-9H2,1H3. The predicted molar refractivity (Wildman–Crippen MR) is 70.5 cm³/mol. The van der Waals surface area contributed by atoms with Gasteiger partial charge in [-0.25, -0.2) is 4.68 Å². The number of rotatable bonds is 2. The van der Waals surface area contributed by atoms with Crippen LogP contribution in [0.15, 0.2) is 0 Å². The third-order valence-corrected chi connectivity index (χ3v) is 3.71. The van der Waals surface area contributed by atoms with Gasteiger partial charge in [0.2, 0.25) is 5.88 Å². The molecule has 1 aromatic rings. The van der Waals surface area contributed by atoms with Crippen molar-refractivity contribution in [2.45, 2.75) is 26.3 Å². The van der Waals surface area contributed by atoms with E-state index in [2.05, 4.69) is 10.4 Å². The number of carbonyl (C=O) groups is 1. The Morgan fingerprint density at radius 1 is 1.37 bits per heavy atom. The number of amides is 1. The molecule has 0 aromatic carbocycles. The van der Waals surface area contributed by atoms with E-state index in [0.717, 1.165) is 63.6 Å². The molecule has 1 fully saturated rings. The van der Waals surface area contributed by atoms with Gasteiger partial charge in [0.05, 0.1) is 6.61 Å². The molecule has 2 aliphatic heterocycles. The molecule has 0 spiro atoms. The summed E-state index contributed by atoms with van der Waals surface area (Å²) in [7, 11) is 0. The number of nitrogens with one attached hydrogen (secondary N) is 1. The second-order valence-electron chi connectivity index (χ2n) is 4.95. The molecule has 1 amide bonds. The molecule has 6 nitrogen and oxygen atoms in total. The summed E-state index contributed by atoms with van der Waals surface area (Å²) >= 11 is 0. The summed E-state index contributed by atoms with van der Waals surface area (Å²) in [6, 6.07) is 0. The van der Waals surface area contributed by atoms with E-state index in [1.807, 2.05) is 16.5 Å². The zero-order chi connectivity index (χ0) is 13.2. The Balaban J connectivity index is 1.90. The minimum absolute atomic E-state index is 0.0452. The zero-order valence-electron chi connectivity index (χ0n) is 11.3. The second-order valence-corrected chi connectivity index (χ2v) is 4.95. The van der Waals surface area contributed by atoms with E-state index in [-0.39, 0.29) is 5.91 Å². The third kappa shape index (κ3) is 2.20. The lowest BCUT2D eigenvalue weighted by molar-refractivity contribution is 0.0728. The van der Waals surface area contributed by atoms with Crippen LogP contribution in [0.3, 0.4) is 0 Å². The molecule has 1 aromatic heterocycles. The van der Waals surface area contributed by atoms with Crippen molar-refractivity contribution < 1.29 is 9.53 Å². The molecular weight excluding hydrogens is 244 g/mol. The molecule has 19 heavy (non-hydrogen) atoms. The highest BCUT2D eigenvalue weighted by Gasteiger charge is 2.28. The highest BCUT2D eigenvalue weighted by molar-refractivity contribution is 5.94. The Kier molecular flexibility index (Phi) is 3.42. The molecule has 104 valence electrons. The SMILES string of the molecule is CCc1c(C(=O)N2CCNCC2)nn2c1OCCC2. The normalized spacial score (nSPS) is 18.9. The quantitative estimate of drug-likeness (QED) is 0.833. The van der Waals surface area contributed by atoms with Gasteiger partial charge >= 0.3 is 0 Å². The second kappa shape index (κ2) is 5.21. The number of nitrogens with zero attached hydrogens (tertiary/aromatic N) is 3. The van der Waals surface area contributed by atoms with E-state index in [9.17, 15) is 4.79 Å². The van der Waals surface area contributed by atoms with Crippen molar-refractivity contribution in [3.05, 3.63) is 11.3 Å². The average molecular weight is 264 g/mol. The van der Waals surface area contributed by atoms with Crippen molar-refractivity contribution >= 4 is 5.91 Å². The van der Waals surface area contributed by atoms with Crippen LogP contribution in [0, 0.1) is 0 Å². The van der Waals surface area contributed by atoms with Crippen LogP contribution >= 0.6 is 0 Å². The first kappa shape index (κ1) is 12.5. The Hall–Kier alpha value is -1.56. The first-order chi connectivity index (χ1) is 9.31. The molecule has 1 N–H and O–H groups in total. The van der Waals surface area contributed by atoms with Crippen LogP contribution in [0.1, 0.15) is 29.4 Å². The van der Waals surface area contributed by atoms with Gasteiger partial charge in [0, 0.05) is 44.7 Å². The summed E-state index contributed by atoms with van der Waals surface area (Å²) in [6.45, 7) is 6.84. The van der Waals surface area contributed by atoms with Crippen molar-refractivity contribution in [2.75, 3.05) is 32.8 Å². The first-order valence-corrected chi connectivity index (χ1v) is 7.03. The average Bonchev–Trinajstić information content (AvgIpc) is 2.85. The minimum Gasteiger partial charge on any atom is -0.478 e. The number of hydrogen-bond acceptors (Lipinski definition) is 4. The maximum absolute atomic E-state index is 12.6. The minimum atomic E-state index is 0.0452. The Morgan fingerprint density at radius 3 is 2.89 bits per heavy atom. The summed E-state index contributed by atoms with van der Waals surface area (Å²) in [6.07, 6.45) is 1.74. The number of aromatic nitrogens is 2. The molecule has 3 rings (SSSR count). The number of piperazine rings is 1. The van der Waals surface area contributed by atoms with E-state index in [1.54, 1.807) is 0 Å². The first-order valence-electron chi connectivity index (χ1n) is 7.03. The smallest absolute Gasteiger partial charge is 0.274 e. The summed E-state index contributed by atoms with van der Waals surface area (Å²) in [4.78, 5) is 14.4. The molecule has 0 bridgehead atoms. The molecule has 0 atom stereocenters. The molecule has 0 saturated carbocycles. The van der Waals surface area contributed by atoms with Crippen molar-refractivity contribution in [3.8, 4) is 5.88 Å². The highest BCUT2D eigenvalue weighted by Crippen LogP contribution is 2.27. The lowest BCUT2D eigenvalue weighted by atomic mass is 10.1. The van der Waals surface area contributed by atoms with Gasteiger partial charge in [-0.1, -0.05) is 6.92 Å². The van der Waals surface area contributed by atoms with Crippen LogP contribution in [0.2, 0.25) is 0 Å². The summed E-state index contributed by atoms with van der Waals surface area (Å²) in [5.41, 5.74) is 1.55. The number of carbonyl (C=O) groups excluding carboxylic acids is 1. The third-order valence-electron chi connectivity index (χ3n) is 3.71. The van der Waals surface area contributed by atoms with Gasteiger partial charge in [-0.2, -0.15) is 5.10 Å². The van der Waals surface area contributed by atoms with E-state index < -0.39 is 0 Å². The Morgan fingerprint density at radius 2 is 2.16 bits per heavy atom. The fraction of sp³-hybridized carbons (Fsp3) is 0.692. The van der Waals surface area contributed by atoms with Gasteiger partial charge in [-0.05, 0) is 6.42 Å². The van der Waals surface area contributed by atoms with Gasteiger partial charge in [0.25, 0.3) is 5.91 Å². The summed E-state index contributed by atoms with van der Waals surface area (Å²) in [5, 5.41) is 7.73. The van der Waals surface area contributed by atoms with Crippen LogP contribution in [0.4, 0.5) is 0 Å². The maximum Gasteiger partial charge on any atom is 0.274 e. The fourth-order valence-corrected chi connectivity index (χ4v) is 2.69. The van der Waals surface area contributed by atoms with E-state index in [0.29, 0.717) is 5.69 Å². The van der Waals surface area contributed by atoms with Crippen LogP contribution in [-0.4, -0.2) is 53.4 Å². The van der Waals surface area contributed by atoms with E-state index in [4.69, 9.17) is 4.74 Å². The summed E-state index contributed by atoms with van der Waals surface area (Å²) < 4.78 is 7.53. The van der Waals surface area contributed by atoms with Crippen molar-refractivity contribution in [1.29, 1.82) is 0 Å². The highest BCUT2D eigenvalue weighted by atomic mass is 16.5. The van der Waals surface area contributed by atoms with Gasteiger partial charge in [0.15, 0.2) is 5.69 Å². The molecule has 3 heterocycles. The monoisotopic (exact) mass is 264 g/mol. The largest absolute Gasteiger partial charge is 0.478 e. The van der Waals surface area contributed by atoms with Crippen LogP contribution in [-0.2, 0) is 13.0 Å². The Bertz CT molecular complexity index is 477. The van der Waals surface area contributed by atoms with E-state index >= 15 is 0 Å². The van der Waals surface area contributed by atoms with Crippen LogP contribution < -0.4 is 10.1 Å². The number of fused-ring (bicyclic) bond motifs is 1. The van der Waals surface area contributed by atoms with Gasteiger partial charge in [-0.15, -0.1) is 0 Å². The predicted octanol–water partition coefficient (Wildman–Crippen LogP) is 0.273. The van der Waals surface area contributed by atoms with Gasteiger partial charge in [-0.3, -0.25) is 4.79 Å². The lowest BCUT2D eigenvalue weighted by Gasteiger charge is -2.26. The van der Waals surface area contributed by atoms with Crippen molar-refractivity contribution in [1.82, 2.24) is 20.0 Å². The topological polar surface area (TPSA) is 59.4 Å². The molecule has 0 radical (unpaired) electrons. The van der Waals surface area contributed by atoms with Crippen molar-refractivity contribution in [3.63, 3.8) is 0 Å². The van der Waals surface area contributed by atoms with Crippen LogP contribution in [0.25, 0.3) is 0 Å². The molecule has 0 unspecified atom stereocenters. The molecule has 1 saturated heterocycles. The van der Waals surface area contributed by atoms with Crippen LogP contribution in [0.5, 0.6) is 5.88 Å². The molecule has 6 heteroatoms. The summed E-state index contributed by atoms with van der Waals surface area (Å²) in [5.74, 6) is 0.844. The lowest BCUT2D eigenvalue weighted by Crippen LogP contribution is -2.46. The Labute approximate surface area is 112 Å². The van der Waals surface area contributed by atoms with Crippen molar-refractivity contribution in [2.24, 2.45) is 0 Å². The molecular formula is C13H20N4O2. The maximum atomic E-state index is 12.6. The van der Waals surface area contributed by atoms with E-state index in [1.165, 1.54) is 0 Å². The molecule has 0 aliphatic carbocycles. The number of hydrogen-bond donors (Lipinski definition) is 1. The zero-order valence-corrected chi connectivity index (χ0v) is 11.3. The van der Waals surface area contributed by atoms with Gasteiger partial charge in [0.1, 0.15) is 0 Å².